The van der Waals surface area contributed by atoms with E-state index in [-0.39, 0.29) is 44.7 Å². The smallest absolute Gasteiger partial charge is 0.319 e. The van der Waals surface area contributed by atoms with Crippen LogP contribution in [0, 0.1) is 5.92 Å². The molecule has 6 heteroatoms. The van der Waals surface area contributed by atoms with E-state index in [1.54, 1.807) is 6.92 Å². The predicted octanol–water partition coefficient (Wildman–Crippen LogP) is 1.71. The molecule has 18 heavy (non-hydrogen) atoms. The minimum absolute atomic E-state index is 0.0230. The van der Waals surface area contributed by atoms with Gasteiger partial charge in [-0.25, -0.2) is 8.78 Å². The number of hydrogen-bond acceptors (Lipinski definition) is 4. The summed E-state index contributed by atoms with van der Waals surface area (Å²) in [5.74, 6) is -4.77. The Labute approximate surface area is 104 Å². The van der Waals surface area contributed by atoms with Gasteiger partial charge in [0.05, 0.1) is 12.2 Å². The molecule has 2 aliphatic rings. The molecule has 0 radical (unpaired) electrons. The molecule has 0 bridgehead atoms. The molecule has 4 nitrogen and oxygen atoms in total. The van der Waals surface area contributed by atoms with E-state index in [2.05, 4.69) is 0 Å². The molecule has 1 saturated carbocycles. The summed E-state index contributed by atoms with van der Waals surface area (Å²) in [6, 6.07) is 0. The lowest BCUT2D eigenvalue weighted by atomic mass is 9.74. The Morgan fingerprint density at radius 2 is 2.00 bits per heavy atom. The number of ether oxygens (including phenoxy) is 2. The molecule has 1 aliphatic heterocycles. The fourth-order valence-corrected chi connectivity index (χ4v) is 2.72. The summed E-state index contributed by atoms with van der Waals surface area (Å²) in [4.78, 5) is 23.5. The van der Waals surface area contributed by atoms with E-state index in [9.17, 15) is 18.4 Å². The van der Waals surface area contributed by atoms with Crippen LogP contribution in [0.25, 0.3) is 0 Å². The van der Waals surface area contributed by atoms with Gasteiger partial charge in [-0.15, -0.1) is 0 Å². The minimum atomic E-state index is -2.72. The number of esters is 1. The summed E-state index contributed by atoms with van der Waals surface area (Å²) >= 11 is 0. The van der Waals surface area contributed by atoms with E-state index in [1.807, 2.05) is 0 Å². The second kappa shape index (κ2) is 4.57. The summed E-state index contributed by atoms with van der Waals surface area (Å²) in [5.41, 5.74) is -1.06. The van der Waals surface area contributed by atoms with Crippen molar-refractivity contribution >= 4 is 11.8 Å². The van der Waals surface area contributed by atoms with Crippen LogP contribution >= 0.6 is 0 Å². The van der Waals surface area contributed by atoms with Crippen molar-refractivity contribution in [3.63, 3.8) is 0 Å². The average molecular weight is 262 g/mol. The maximum atomic E-state index is 13.2. The number of carbonyl (C=O) groups is 2. The summed E-state index contributed by atoms with van der Waals surface area (Å²) in [6.07, 6.45) is -0.656. The second-order valence-electron chi connectivity index (χ2n) is 4.86. The topological polar surface area (TPSA) is 52.6 Å². The van der Waals surface area contributed by atoms with Gasteiger partial charge in [-0.05, 0) is 19.8 Å². The quantitative estimate of drug-likeness (QED) is 0.561. The summed E-state index contributed by atoms with van der Waals surface area (Å²) in [6.45, 7) is 1.61. The van der Waals surface area contributed by atoms with Crippen molar-refractivity contribution in [2.45, 2.75) is 44.1 Å². The highest BCUT2D eigenvalue weighted by Crippen LogP contribution is 2.47. The van der Waals surface area contributed by atoms with Gasteiger partial charge in [0.1, 0.15) is 12.5 Å². The highest BCUT2D eigenvalue weighted by Gasteiger charge is 2.57. The molecular formula is C12H16F2O4. The van der Waals surface area contributed by atoms with Crippen LogP contribution in [-0.2, 0) is 19.1 Å². The highest BCUT2D eigenvalue weighted by atomic mass is 19.3. The van der Waals surface area contributed by atoms with Crippen molar-refractivity contribution in [2.24, 2.45) is 5.92 Å². The van der Waals surface area contributed by atoms with Crippen molar-refractivity contribution in [2.75, 3.05) is 13.2 Å². The number of carbonyl (C=O) groups excluding carboxylic acids is 2. The first-order valence-corrected chi connectivity index (χ1v) is 6.11. The molecule has 1 aliphatic carbocycles. The third-order valence-corrected chi connectivity index (χ3v) is 3.70. The van der Waals surface area contributed by atoms with Gasteiger partial charge in [-0.3, -0.25) is 9.59 Å². The molecule has 0 amide bonds. The van der Waals surface area contributed by atoms with Crippen LogP contribution < -0.4 is 0 Å². The molecule has 0 aromatic heterocycles. The van der Waals surface area contributed by atoms with Gasteiger partial charge in [0.25, 0.3) is 0 Å². The van der Waals surface area contributed by atoms with Gasteiger partial charge >= 0.3 is 5.97 Å². The van der Waals surface area contributed by atoms with Gasteiger partial charge in [-0.2, -0.15) is 0 Å². The molecule has 1 atom stereocenters. The Bertz CT molecular complexity index is 357. The van der Waals surface area contributed by atoms with Gasteiger partial charge in [-0.1, -0.05) is 0 Å². The maximum Gasteiger partial charge on any atom is 0.319 e. The third kappa shape index (κ3) is 2.25. The SMILES string of the molecule is CCOC(=O)C1C(=O)COC12CCC(F)(F)CC2. The first-order valence-electron chi connectivity index (χ1n) is 6.11. The fraction of sp³-hybridized carbons (Fsp3) is 0.833. The number of Topliss-reactive ketones (excluding diaryl/α,β-unsaturated/α-hetero) is 1. The van der Waals surface area contributed by atoms with Crippen LogP contribution in [-0.4, -0.2) is 36.5 Å². The number of ketones is 1. The first-order chi connectivity index (χ1) is 8.40. The van der Waals surface area contributed by atoms with E-state index in [0.717, 1.165) is 0 Å². The van der Waals surface area contributed by atoms with Crippen LogP contribution in [0.2, 0.25) is 0 Å². The standard InChI is InChI=1S/C12H16F2O4/c1-2-17-10(16)9-8(15)7-18-11(9)3-5-12(13,14)6-4-11/h9H,2-7H2,1H3. The van der Waals surface area contributed by atoms with Gasteiger partial charge in [0.15, 0.2) is 5.78 Å². The van der Waals surface area contributed by atoms with E-state index in [4.69, 9.17) is 9.47 Å². The van der Waals surface area contributed by atoms with Crippen LogP contribution in [0.15, 0.2) is 0 Å². The van der Waals surface area contributed by atoms with Crippen molar-refractivity contribution in [1.82, 2.24) is 0 Å². The zero-order valence-corrected chi connectivity index (χ0v) is 10.2. The molecule has 2 rings (SSSR count). The Morgan fingerprint density at radius 1 is 1.39 bits per heavy atom. The molecule has 0 aromatic carbocycles. The molecule has 2 fully saturated rings. The summed E-state index contributed by atoms with van der Waals surface area (Å²) in [7, 11) is 0. The zero-order chi connectivity index (χ0) is 13.4. The number of rotatable bonds is 2. The van der Waals surface area contributed by atoms with E-state index < -0.39 is 23.4 Å². The lowest BCUT2D eigenvalue weighted by molar-refractivity contribution is -0.165. The molecule has 1 saturated heterocycles. The van der Waals surface area contributed by atoms with E-state index in [0.29, 0.717) is 0 Å². The summed E-state index contributed by atoms with van der Waals surface area (Å²) in [5, 5.41) is 0. The Morgan fingerprint density at radius 3 is 2.56 bits per heavy atom. The molecule has 102 valence electrons. The Kier molecular flexibility index (Phi) is 3.40. The van der Waals surface area contributed by atoms with Crippen LogP contribution in [0.3, 0.4) is 0 Å². The second-order valence-corrected chi connectivity index (χ2v) is 4.86. The molecule has 0 aromatic rings. The van der Waals surface area contributed by atoms with Crippen LogP contribution in [0.1, 0.15) is 32.6 Å². The van der Waals surface area contributed by atoms with Crippen molar-refractivity contribution < 1.29 is 27.8 Å². The number of hydrogen-bond donors (Lipinski definition) is 0. The predicted molar refractivity (Wildman–Crippen MR) is 57.2 cm³/mol. The van der Waals surface area contributed by atoms with Crippen molar-refractivity contribution in [3.05, 3.63) is 0 Å². The molecular weight excluding hydrogens is 246 g/mol. The third-order valence-electron chi connectivity index (χ3n) is 3.70. The number of halogens is 2. The minimum Gasteiger partial charge on any atom is -0.465 e. The Balaban J connectivity index is 2.16. The van der Waals surface area contributed by atoms with Crippen molar-refractivity contribution in [1.29, 1.82) is 0 Å². The van der Waals surface area contributed by atoms with E-state index >= 15 is 0 Å². The molecule has 0 N–H and O–H groups in total. The normalized spacial score (nSPS) is 29.5. The molecule has 1 spiro atoms. The van der Waals surface area contributed by atoms with Crippen molar-refractivity contribution in [3.8, 4) is 0 Å². The van der Waals surface area contributed by atoms with Gasteiger partial charge < -0.3 is 9.47 Å². The largest absolute Gasteiger partial charge is 0.465 e. The van der Waals surface area contributed by atoms with Crippen LogP contribution in [0.4, 0.5) is 8.78 Å². The lowest BCUT2D eigenvalue weighted by Crippen LogP contribution is -2.47. The maximum absolute atomic E-state index is 13.2. The average Bonchev–Trinajstić information content (AvgIpc) is 2.62. The first kappa shape index (κ1) is 13.4. The van der Waals surface area contributed by atoms with Gasteiger partial charge in [0.2, 0.25) is 5.92 Å². The monoisotopic (exact) mass is 262 g/mol. The number of alkyl halides is 2. The lowest BCUT2D eigenvalue weighted by Gasteiger charge is -2.38. The van der Waals surface area contributed by atoms with Crippen LogP contribution in [0.5, 0.6) is 0 Å². The van der Waals surface area contributed by atoms with Gasteiger partial charge in [0, 0.05) is 12.8 Å². The van der Waals surface area contributed by atoms with E-state index in [1.165, 1.54) is 0 Å². The molecule has 1 unspecified atom stereocenters. The zero-order valence-electron chi connectivity index (χ0n) is 10.2. The summed E-state index contributed by atoms with van der Waals surface area (Å²) < 4.78 is 36.5. The Hall–Kier alpha value is -1.04. The fourth-order valence-electron chi connectivity index (χ4n) is 2.72. The highest BCUT2D eigenvalue weighted by molar-refractivity contribution is 6.02. The molecule has 1 heterocycles.